The van der Waals surface area contributed by atoms with Crippen LogP contribution < -0.4 is 0 Å². The highest BCUT2D eigenvalue weighted by Gasteiger charge is 2.09. The summed E-state index contributed by atoms with van der Waals surface area (Å²) in [5, 5.41) is 23.3. The van der Waals surface area contributed by atoms with Crippen LogP contribution in [0.1, 0.15) is 0 Å². The molecule has 242 valence electrons. The predicted octanol–water partition coefficient (Wildman–Crippen LogP) is 6.45. The fourth-order valence-electron chi connectivity index (χ4n) is 1.95. The Morgan fingerprint density at radius 3 is 1.46 bits per heavy atom. The molecule has 0 amide bonds. The maximum Gasteiger partial charge on any atom is 0.199 e. The summed E-state index contributed by atoms with van der Waals surface area (Å²) >= 11 is 19.3. The molecule has 0 fully saturated rings. The first-order valence-electron chi connectivity index (χ1n) is 11.8. The van der Waals surface area contributed by atoms with Gasteiger partial charge in [-0.3, -0.25) is 14.4 Å². The van der Waals surface area contributed by atoms with Crippen LogP contribution in [-0.4, -0.2) is 129 Å². The Morgan fingerprint density at radius 2 is 0.927 bits per heavy atom. The standard InChI is InChI=1S/C21H38O6S14/c22-10-34-13-28-1-3-38-19(24)7-31-12-30-5-6-41(27)18-37-16-36-17-40-21(26)9-33-15-32-8-20(25)39-4-2-29-14-35-11-23/h22-23H,1-18H2. The van der Waals surface area contributed by atoms with Crippen molar-refractivity contribution in [1.29, 1.82) is 0 Å². The summed E-state index contributed by atoms with van der Waals surface area (Å²) in [4.78, 5) is 35.7. The summed E-state index contributed by atoms with van der Waals surface area (Å²) in [6.45, 7) is 0. The van der Waals surface area contributed by atoms with Crippen molar-refractivity contribution in [2.45, 2.75) is 0 Å². The van der Waals surface area contributed by atoms with Gasteiger partial charge in [0, 0.05) is 59.3 Å². The number of rotatable bonds is 31. The van der Waals surface area contributed by atoms with Crippen molar-refractivity contribution in [3.8, 4) is 0 Å². The molecular formula is C21H38O6S14. The van der Waals surface area contributed by atoms with Gasteiger partial charge >= 0.3 is 0 Å². The number of aliphatic hydroxyl groups is 2. The SMILES string of the molecule is O=C(CSCSCC[S+]([O-])CSCSCSC(=O)CSCSCC(=O)SCCSCSCO)SCCSCSCO. The van der Waals surface area contributed by atoms with E-state index < -0.39 is 11.2 Å². The van der Waals surface area contributed by atoms with E-state index in [9.17, 15) is 18.9 Å². The lowest BCUT2D eigenvalue weighted by Gasteiger charge is -2.10. The van der Waals surface area contributed by atoms with Gasteiger partial charge in [0.2, 0.25) is 0 Å². The third-order valence-corrected chi connectivity index (χ3v) is 20.6. The molecule has 1 atom stereocenters. The highest BCUT2D eigenvalue weighted by molar-refractivity contribution is 8.29. The molecule has 0 rings (SSSR count). The largest absolute Gasteiger partial charge is 0.616 e. The number of thioether (sulfide) groups is 13. The molecule has 20 heteroatoms. The normalized spacial score (nSPS) is 12.1. The second kappa shape index (κ2) is 36.6. The number of carbonyl (C=O) groups excluding carboxylic acids is 3. The molecule has 0 aliphatic heterocycles. The lowest BCUT2D eigenvalue weighted by molar-refractivity contribution is -0.109. The molecule has 2 N–H and O–H groups in total. The van der Waals surface area contributed by atoms with E-state index in [1.54, 1.807) is 94.1 Å². The molecule has 0 aliphatic carbocycles. The predicted molar refractivity (Wildman–Crippen MR) is 214 cm³/mol. The topological polar surface area (TPSA) is 115 Å². The number of aliphatic hydroxyl groups excluding tert-OH is 2. The molecular weight excluding hydrogens is 797 g/mol. The molecule has 0 aromatic carbocycles. The maximum absolute atomic E-state index is 12.1. The van der Waals surface area contributed by atoms with Crippen molar-refractivity contribution in [3.63, 3.8) is 0 Å². The van der Waals surface area contributed by atoms with Crippen LogP contribution in [0.4, 0.5) is 0 Å². The van der Waals surface area contributed by atoms with Crippen LogP contribution in [0.3, 0.4) is 0 Å². The van der Waals surface area contributed by atoms with Crippen molar-refractivity contribution in [1.82, 2.24) is 0 Å². The van der Waals surface area contributed by atoms with Gasteiger partial charge < -0.3 is 14.8 Å². The maximum atomic E-state index is 12.1. The van der Waals surface area contributed by atoms with Gasteiger partial charge in [0.15, 0.2) is 20.4 Å². The zero-order valence-corrected chi connectivity index (χ0v) is 33.9. The third kappa shape index (κ3) is 36.5. The summed E-state index contributed by atoms with van der Waals surface area (Å²) in [6.07, 6.45) is 0. The van der Waals surface area contributed by atoms with Crippen molar-refractivity contribution < 1.29 is 29.1 Å². The second-order valence-electron chi connectivity index (χ2n) is 6.77. The third-order valence-electron chi connectivity index (χ3n) is 3.63. The highest BCUT2D eigenvalue weighted by Crippen LogP contribution is 2.23. The van der Waals surface area contributed by atoms with Gasteiger partial charge in [-0.2, -0.15) is 23.5 Å². The van der Waals surface area contributed by atoms with Crippen LogP contribution >= 0.6 is 153 Å². The number of carbonyl (C=O) groups is 3. The fraction of sp³-hybridized carbons (Fsp3) is 0.857. The van der Waals surface area contributed by atoms with Gasteiger partial charge in [-0.1, -0.05) is 47.0 Å². The monoisotopic (exact) mass is 834 g/mol. The molecule has 0 radical (unpaired) electrons. The van der Waals surface area contributed by atoms with Crippen LogP contribution in [0, 0.1) is 0 Å². The first-order chi connectivity index (χ1) is 20.0. The van der Waals surface area contributed by atoms with E-state index in [1.165, 1.54) is 58.8 Å². The molecule has 1 unspecified atom stereocenters. The van der Waals surface area contributed by atoms with E-state index >= 15 is 0 Å². The number of hydrogen-bond acceptors (Lipinski definition) is 19. The Balaban J connectivity index is 3.41. The fourth-order valence-corrected chi connectivity index (χ4v) is 16.7. The van der Waals surface area contributed by atoms with Gasteiger partial charge in [-0.15, -0.1) is 82.3 Å². The summed E-state index contributed by atoms with van der Waals surface area (Å²) in [5.41, 5.74) is 0. The van der Waals surface area contributed by atoms with E-state index in [0.717, 1.165) is 54.2 Å². The zero-order valence-electron chi connectivity index (χ0n) is 22.5. The molecule has 6 nitrogen and oxygen atoms in total. The first-order valence-corrected chi connectivity index (χ1v) is 27.8. The minimum atomic E-state index is -0.857. The van der Waals surface area contributed by atoms with Crippen molar-refractivity contribution in [2.24, 2.45) is 0 Å². The Bertz CT molecular complexity index is 639. The molecule has 0 saturated heterocycles. The summed E-state index contributed by atoms with van der Waals surface area (Å²) in [6, 6.07) is 0. The van der Waals surface area contributed by atoms with Crippen molar-refractivity contribution in [3.05, 3.63) is 0 Å². The smallest absolute Gasteiger partial charge is 0.199 e. The Kier molecular flexibility index (Phi) is 40.0. The van der Waals surface area contributed by atoms with Gasteiger partial charge in [-0.25, -0.2) is 0 Å². The lowest BCUT2D eigenvalue weighted by atomic mass is 10.9. The minimum absolute atomic E-state index is 0.136. The van der Waals surface area contributed by atoms with Crippen LogP contribution in [-0.2, 0) is 25.6 Å². The molecule has 0 aliphatic rings. The van der Waals surface area contributed by atoms with E-state index in [1.807, 2.05) is 0 Å². The minimum Gasteiger partial charge on any atom is -0.616 e. The summed E-state index contributed by atoms with van der Waals surface area (Å²) in [7, 11) is 0. The second-order valence-corrected chi connectivity index (χ2v) is 24.4. The van der Waals surface area contributed by atoms with Gasteiger partial charge in [0.05, 0.1) is 29.1 Å². The molecule has 0 spiro atoms. The summed E-state index contributed by atoms with van der Waals surface area (Å²) in [5.74, 6) is 6.61. The Labute approximate surface area is 304 Å². The molecule has 0 heterocycles. The van der Waals surface area contributed by atoms with Crippen LogP contribution in [0.5, 0.6) is 0 Å². The number of hydrogen-bond donors (Lipinski definition) is 2. The van der Waals surface area contributed by atoms with E-state index in [-0.39, 0.29) is 27.2 Å². The van der Waals surface area contributed by atoms with Crippen LogP contribution in [0.15, 0.2) is 0 Å². The van der Waals surface area contributed by atoms with E-state index in [4.69, 9.17) is 10.2 Å². The zero-order chi connectivity index (χ0) is 30.2. The van der Waals surface area contributed by atoms with Crippen LogP contribution in [0.2, 0.25) is 0 Å². The quantitative estimate of drug-likeness (QED) is 0.0453. The van der Waals surface area contributed by atoms with Gasteiger partial charge in [0.1, 0.15) is 5.75 Å². The van der Waals surface area contributed by atoms with Gasteiger partial charge in [-0.05, 0) is 11.2 Å². The Hall–Kier alpha value is 3.79. The van der Waals surface area contributed by atoms with Crippen molar-refractivity contribution >= 4 is 179 Å². The molecule has 0 aromatic heterocycles. The van der Waals surface area contributed by atoms with Gasteiger partial charge in [0.25, 0.3) is 0 Å². The molecule has 0 saturated carbocycles. The van der Waals surface area contributed by atoms with E-state index in [2.05, 4.69) is 0 Å². The van der Waals surface area contributed by atoms with Crippen LogP contribution in [0.25, 0.3) is 0 Å². The lowest BCUT2D eigenvalue weighted by Crippen LogP contribution is -2.11. The van der Waals surface area contributed by atoms with Crippen molar-refractivity contribution in [2.75, 3.05) is 99.2 Å². The average molecular weight is 835 g/mol. The highest BCUT2D eigenvalue weighted by atomic mass is 32.3. The molecule has 41 heavy (non-hydrogen) atoms. The molecule has 0 aromatic rings. The molecule has 0 bridgehead atoms. The average Bonchev–Trinajstić information content (AvgIpc) is 2.96. The first kappa shape index (κ1) is 44.8. The van der Waals surface area contributed by atoms with E-state index in [0.29, 0.717) is 33.2 Å². The summed E-state index contributed by atoms with van der Waals surface area (Å²) < 4.78 is 12.1. The Morgan fingerprint density at radius 1 is 0.488 bits per heavy atom.